The molecule has 5 nitrogen and oxygen atoms in total. The molecule has 1 aliphatic heterocycles. The summed E-state index contributed by atoms with van der Waals surface area (Å²) in [6, 6.07) is 8.81. The lowest BCUT2D eigenvalue weighted by atomic mass is 9.97. The Bertz CT molecular complexity index is 550. The van der Waals surface area contributed by atoms with Crippen molar-refractivity contribution in [2.75, 3.05) is 40.3 Å². The Morgan fingerprint density at radius 1 is 1.31 bits per heavy atom. The first-order valence-electron chi connectivity index (χ1n) is 9.44. The minimum absolute atomic E-state index is 0. The van der Waals surface area contributed by atoms with Gasteiger partial charge in [-0.15, -0.1) is 24.0 Å². The van der Waals surface area contributed by atoms with E-state index in [1.165, 1.54) is 31.5 Å². The molecule has 0 saturated carbocycles. The van der Waals surface area contributed by atoms with E-state index in [2.05, 4.69) is 46.5 Å². The zero-order valence-electron chi connectivity index (χ0n) is 16.6. The molecule has 0 radical (unpaired) electrons. The highest BCUT2D eigenvalue weighted by Crippen LogP contribution is 2.18. The number of likely N-dealkylation sites (tertiary alicyclic amines) is 1. The number of hydrogen-bond acceptors (Lipinski definition) is 3. The lowest BCUT2D eigenvalue weighted by molar-refractivity contribution is 0.141. The minimum atomic E-state index is 0. The van der Waals surface area contributed by atoms with E-state index < -0.39 is 0 Å². The van der Waals surface area contributed by atoms with Crippen LogP contribution in [0, 0.1) is 5.92 Å². The fourth-order valence-electron chi connectivity index (χ4n) is 3.42. The number of ether oxygens (including phenoxy) is 1. The first-order chi connectivity index (χ1) is 12.1. The zero-order chi connectivity index (χ0) is 18.1. The Morgan fingerprint density at radius 3 is 2.77 bits per heavy atom. The van der Waals surface area contributed by atoms with Gasteiger partial charge >= 0.3 is 0 Å². The van der Waals surface area contributed by atoms with Gasteiger partial charge in [-0.2, -0.15) is 0 Å². The molecule has 1 fully saturated rings. The van der Waals surface area contributed by atoms with Crippen LogP contribution in [0.3, 0.4) is 0 Å². The van der Waals surface area contributed by atoms with Gasteiger partial charge in [-0.05, 0) is 57.2 Å². The van der Waals surface area contributed by atoms with Gasteiger partial charge in [0.05, 0.1) is 7.11 Å². The van der Waals surface area contributed by atoms with Crippen molar-refractivity contribution in [2.24, 2.45) is 10.9 Å². The molecule has 0 aromatic heterocycles. The number of aliphatic imine (C=N–C) groups is 1. The normalized spacial score (nSPS) is 18.3. The summed E-state index contributed by atoms with van der Waals surface area (Å²) in [7, 11) is 3.55. The number of piperidine rings is 1. The van der Waals surface area contributed by atoms with Gasteiger partial charge in [0.2, 0.25) is 0 Å². The molecule has 6 heteroatoms. The van der Waals surface area contributed by atoms with Crippen LogP contribution in [0.25, 0.3) is 0 Å². The predicted molar refractivity (Wildman–Crippen MR) is 121 cm³/mol. The Kier molecular flexibility index (Phi) is 11.0. The third-order valence-electron chi connectivity index (χ3n) is 4.94. The van der Waals surface area contributed by atoms with Crippen LogP contribution >= 0.6 is 24.0 Å². The van der Waals surface area contributed by atoms with Gasteiger partial charge in [0, 0.05) is 32.7 Å². The molecule has 148 valence electrons. The molecule has 1 unspecified atom stereocenters. The van der Waals surface area contributed by atoms with Crippen molar-refractivity contribution < 1.29 is 4.74 Å². The molecule has 1 aromatic rings. The lowest BCUT2D eigenvalue weighted by Crippen LogP contribution is -2.46. The van der Waals surface area contributed by atoms with Gasteiger partial charge in [0.15, 0.2) is 5.96 Å². The molecule has 1 atom stereocenters. The predicted octanol–water partition coefficient (Wildman–Crippen LogP) is 3.14. The van der Waals surface area contributed by atoms with Gasteiger partial charge < -0.3 is 20.3 Å². The van der Waals surface area contributed by atoms with Crippen LogP contribution in [0.5, 0.6) is 5.75 Å². The molecule has 0 aliphatic carbocycles. The molecule has 1 aliphatic rings. The Morgan fingerprint density at radius 2 is 2.08 bits per heavy atom. The van der Waals surface area contributed by atoms with Crippen molar-refractivity contribution in [1.82, 2.24) is 15.5 Å². The largest absolute Gasteiger partial charge is 0.496 e. The number of hydrogen-bond donors (Lipinski definition) is 2. The van der Waals surface area contributed by atoms with E-state index in [4.69, 9.17) is 4.74 Å². The quantitative estimate of drug-likeness (QED) is 0.362. The lowest BCUT2D eigenvalue weighted by Gasteiger charge is -2.35. The second-order valence-corrected chi connectivity index (χ2v) is 7.04. The average molecular weight is 474 g/mol. The third kappa shape index (κ3) is 7.31. The SMILES string of the molecule is CN=C(NCCc1ccccc1OC)NCC1CCCN(C(C)C)C1.I. The van der Waals surface area contributed by atoms with Crippen molar-refractivity contribution >= 4 is 29.9 Å². The summed E-state index contributed by atoms with van der Waals surface area (Å²) in [5.41, 5.74) is 1.22. The highest BCUT2D eigenvalue weighted by Gasteiger charge is 2.21. The minimum Gasteiger partial charge on any atom is -0.496 e. The van der Waals surface area contributed by atoms with Gasteiger partial charge in [-0.3, -0.25) is 4.99 Å². The zero-order valence-corrected chi connectivity index (χ0v) is 19.0. The van der Waals surface area contributed by atoms with E-state index in [1.807, 2.05) is 19.2 Å². The molecule has 2 N–H and O–H groups in total. The highest BCUT2D eigenvalue weighted by atomic mass is 127. The highest BCUT2D eigenvalue weighted by molar-refractivity contribution is 14.0. The van der Waals surface area contributed by atoms with Crippen molar-refractivity contribution in [1.29, 1.82) is 0 Å². The number of rotatable bonds is 7. The van der Waals surface area contributed by atoms with Crippen LogP contribution < -0.4 is 15.4 Å². The second-order valence-electron chi connectivity index (χ2n) is 7.04. The van der Waals surface area contributed by atoms with Crippen molar-refractivity contribution in [3.05, 3.63) is 29.8 Å². The molecule has 2 rings (SSSR count). The Balaban J connectivity index is 0.00000338. The van der Waals surface area contributed by atoms with Crippen LogP contribution in [0.4, 0.5) is 0 Å². The summed E-state index contributed by atoms with van der Waals surface area (Å²) in [4.78, 5) is 6.93. The van der Waals surface area contributed by atoms with E-state index in [9.17, 15) is 0 Å². The van der Waals surface area contributed by atoms with Crippen LogP contribution in [0.15, 0.2) is 29.3 Å². The van der Waals surface area contributed by atoms with Gasteiger partial charge in [-0.25, -0.2) is 0 Å². The number of methoxy groups -OCH3 is 1. The van der Waals surface area contributed by atoms with Crippen LogP contribution in [0.2, 0.25) is 0 Å². The second kappa shape index (κ2) is 12.4. The van der Waals surface area contributed by atoms with E-state index in [0.29, 0.717) is 12.0 Å². The molecular formula is C20H35IN4O. The first kappa shape index (κ1) is 23.0. The number of nitrogens with one attached hydrogen (secondary N) is 2. The molecule has 1 aromatic carbocycles. The maximum absolute atomic E-state index is 5.41. The summed E-state index contributed by atoms with van der Waals surface area (Å²) in [5, 5.41) is 6.91. The number of para-hydroxylation sites is 1. The summed E-state index contributed by atoms with van der Waals surface area (Å²) in [6.07, 6.45) is 3.51. The van der Waals surface area contributed by atoms with Crippen molar-refractivity contribution in [3.8, 4) is 5.75 Å². The monoisotopic (exact) mass is 474 g/mol. The average Bonchev–Trinajstić information content (AvgIpc) is 2.65. The smallest absolute Gasteiger partial charge is 0.190 e. The first-order valence-corrected chi connectivity index (χ1v) is 9.44. The maximum Gasteiger partial charge on any atom is 0.190 e. The van der Waals surface area contributed by atoms with Crippen molar-refractivity contribution in [2.45, 2.75) is 39.2 Å². The summed E-state index contributed by atoms with van der Waals surface area (Å²) >= 11 is 0. The van der Waals surface area contributed by atoms with Gasteiger partial charge in [-0.1, -0.05) is 18.2 Å². The standard InChI is InChI=1S/C20H34N4O.HI/c1-16(2)24-13-7-8-17(15-24)14-23-20(21-3)22-12-11-18-9-5-6-10-19(18)25-4;/h5-6,9-10,16-17H,7-8,11-15H2,1-4H3,(H2,21,22,23);1H. The molecular weight excluding hydrogens is 439 g/mol. The number of benzene rings is 1. The number of halogens is 1. The molecule has 26 heavy (non-hydrogen) atoms. The fourth-order valence-corrected chi connectivity index (χ4v) is 3.42. The fraction of sp³-hybridized carbons (Fsp3) is 0.650. The molecule has 1 heterocycles. The van der Waals surface area contributed by atoms with Crippen molar-refractivity contribution in [3.63, 3.8) is 0 Å². The molecule has 0 amide bonds. The maximum atomic E-state index is 5.41. The van der Waals surface area contributed by atoms with E-state index in [-0.39, 0.29) is 24.0 Å². The van der Waals surface area contributed by atoms with Gasteiger partial charge in [0.1, 0.15) is 5.75 Å². The molecule has 1 saturated heterocycles. The van der Waals surface area contributed by atoms with Crippen LogP contribution in [-0.2, 0) is 6.42 Å². The molecule has 0 spiro atoms. The molecule has 0 bridgehead atoms. The summed E-state index contributed by atoms with van der Waals surface area (Å²) < 4.78 is 5.41. The Labute approximate surface area is 176 Å². The van der Waals surface area contributed by atoms with Crippen LogP contribution in [-0.4, -0.2) is 57.2 Å². The summed E-state index contributed by atoms with van der Waals surface area (Å²) in [5.74, 6) is 2.53. The van der Waals surface area contributed by atoms with E-state index >= 15 is 0 Å². The number of guanidine groups is 1. The van der Waals surface area contributed by atoms with E-state index in [0.717, 1.165) is 31.2 Å². The Hall–Kier alpha value is -1.02. The van der Waals surface area contributed by atoms with E-state index in [1.54, 1.807) is 7.11 Å². The number of nitrogens with zero attached hydrogens (tertiary/aromatic N) is 2. The topological polar surface area (TPSA) is 48.9 Å². The van der Waals surface area contributed by atoms with Crippen LogP contribution in [0.1, 0.15) is 32.3 Å². The summed E-state index contributed by atoms with van der Waals surface area (Å²) in [6.45, 7) is 8.81. The van der Waals surface area contributed by atoms with Gasteiger partial charge in [0.25, 0.3) is 0 Å². The third-order valence-corrected chi connectivity index (χ3v) is 4.94.